The summed E-state index contributed by atoms with van der Waals surface area (Å²) in [4.78, 5) is 0. The van der Waals surface area contributed by atoms with Crippen LogP contribution in [0.1, 0.15) is 113 Å². The second-order valence-corrected chi connectivity index (χ2v) is 9.13. The van der Waals surface area contributed by atoms with Gasteiger partial charge in [-0.2, -0.15) is 0 Å². The molecule has 0 radical (unpaired) electrons. The lowest BCUT2D eigenvalue weighted by Crippen LogP contribution is -2.20. The maximum atomic E-state index is 2.44. The Morgan fingerprint density at radius 3 is 1.14 bits per heavy atom. The Labute approximate surface area is 136 Å². The van der Waals surface area contributed by atoms with E-state index in [1.165, 1.54) is 64.2 Å². The van der Waals surface area contributed by atoms with Gasteiger partial charge in [-0.05, 0) is 36.0 Å². The van der Waals surface area contributed by atoms with Gasteiger partial charge in [0, 0.05) is 0 Å². The van der Waals surface area contributed by atoms with Gasteiger partial charge in [-0.15, -0.1) is 0 Å². The predicted molar refractivity (Wildman–Crippen MR) is 98.8 cm³/mol. The summed E-state index contributed by atoms with van der Waals surface area (Å²) in [6.07, 6.45) is 14.4. The monoisotopic (exact) mass is 296 g/mol. The van der Waals surface area contributed by atoms with Gasteiger partial charge in [0.1, 0.15) is 0 Å². The van der Waals surface area contributed by atoms with Gasteiger partial charge in [0.15, 0.2) is 0 Å². The van der Waals surface area contributed by atoms with Gasteiger partial charge in [0.2, 0.25) is 0 Å². The number of rotatable bonds is 12. The summed E-state index contributed by atoms with van der Waals surface area (Å²) in [5.41, 5.74) is 0.496. The summed E-state index contributed by atoms with van der Waals surface area (Å²) >= 11 is 0. The SMILES string of the molecule is CC(C)CCCCCC(CCCCCC(C)C)C(C)(C)C. The van der Waals surface area contributed by atoms with Gasteiger partial charge < -0.3 is 0 Å². The van der Waals surface area contributed by atoms with E-state index >= 15 is 0 Å². The molecule has 0 rings (SSSR count). The standard InChI is InChI=1S/C21H44/c1-18(2)14-10-8-12-16-20(21(5,6)7)17-13-9-11-15-19(3)4/h18-20H,8-17H2,1-7H3. The molecule has 0 aromatic heterocycles. The Balaban J connectivity index is 3.84. The molecule has 0 aliphatic rings. The van der Waals surface area contributed by atoms with Crippen molar-refractivity contribution in [3.63, 3.8) is 0 Å². The average molecular weight is 297 g/mol. The minimum atomic E-state index is 0.496. The second-order valence-electron chi connectivity index (χ2n) is 9.13. The van der Waals surface area contributed by atoms with E-state index in [-0.39, 0.29) is 0 Å². The maximum absolute atomic E-state index is 2.44. The van der Waals surface area contributed by atoms with E-state index in [1.54, 1.807) is 0 Å². The summed E-state index contributed by atoms with van der Waals surface area (Å²) in [6, 6.07) is 0. The zero-order valence-corrected chi connectivity index (χ0v) is 16.3. The van der Waals surface area contributed by atoms with Crippen molar-refractivity contribution in [1.29, 1.82) is 0 Å². The van der Waals surface area contributed by atoms with Gasteiger partial charge in [-0.3, -0.25) is 0 Å². The van der Waals surface area contributed by atoms with Crippen LogP contribution >= 0.6 is 0 Å². The molecule has 0 aliphatic carbocycles. The molecule has 21 heavy (non-hydrogen) atoms. The molecule has 0 heterocycles. The van der Waals surface area contributed by atoms with E-state index < -0.39 is 0 Å². The highest BCUT2D eigenvalue weighted by Crippen LogP contribution is 2.34. The lowest BCUT2D eigenvalue weighted by molar-refractivity contribution is 0.200. The third kappa shape index (κ3) is 13.4. The third-order valence-electron chi connectivity index (χ3n) is 4.89. The number of unbranched alkanes of at least 4 members (excludes halogenated alkanes) is 4. The molecule has 0 atom stereocenters. The van der Waals surface area contributed by atoms with Crippen LogP contribution in [0.5, 0.6) is 0 Å². The van der Waals surface area contributed by atoms with Crippen molar-refractivity contribution >= 4 is 0 Å². The van der Waals surface area contributed by atoms with Gasteiger partial charge in [-0.1, -0.05) is 99.8 Å². The number of hydrogen-bond acceptors (Lipinski definition) is 0. The van der Waals surface area contributed by atoms with Crippen LogP contribution in [0.3, 0.4) is 0 Å². The first-order chi connectivity index (χ1) is 9.73. The van der Waals surface area contributed by atoms with E-state index in [1.807, 2.05) is 0 Å². The van der Waals surface area contributed by atoms with Crippen LogP contribution in [0.25, 0.3) is 0 Å². The minimum Gasteiger partial charge on any atom is -0.0628 e. The Kier molecular flexibility index (Phi) is 11.6. The first-order valence-corrected chi connectivity index (χ1v) is 9.73. The molecule has 128 valence electrons. The number of hydrogen-bond donors (Lipinski definition) is 0. The molecule has 0 aromatic rings. The van der Waals surface area contributed by atoms with E-state index in [2.05, 4.69) is 48.5 Å². The summed E-state index contributed by atoms with van der Waals surface area (Å²) in [7, 11) is 0. The van der Waals surface area contributed by atoms with Gasteiger partial charge >= 0.3 is 0 Å². The fourth-order valence-electron chi connectivity index (χ4n) is 3.25. The van der Waals surface area contributed by atoms with Crippen LogP contribution in [-0.4, -0.2) is 0 Å². The molecule has 0 amide bonds. The Morgan fingerprint density at radius 2 is 0.857 bits per heavy atom. The van der Waals surface area contributed by atoms with Crippen molar-refractivity contribution < 1.29 is 0 Å². The molecule has 0 saturated carbocycles. The van der Waals surface area contributed by atoms with Gasteiger partial charge in [-0.25, -0.2) is 0 Å². The normalized spacial score (nSPS) is 12.9. The molecule has 0 N–H and O–H groups in total. The molecule has 0 nitrogen and oxygen atoms in total. The smallest absolute Gasteiger partial charge is 0.0354 e. The molecule has 0 bridgehead atoms. The molecule has 0 heteroatoms. The first kappa shape index (κ1) is 21.0. The molecule has 0 spiro atoms. The fourth-order valence-corrected chi connectivity index (χ4v) is 3.25. The summed E-state index contributed by atoms with van der Waals surface area (Å²) in [5, 5.41) is 0. The summed E-state index contributed by atoms with van der Waals surface area (Å²) in [6.45, 7) is 16.7. The molecule has 0 unspecified atom stereocenters. The largest absolute Gasteiger partial charge is 0.0628 e. The highest BCUT2D eigenvalue weighted by Gasteiger charge is 2.23. The van der Waals surface area contributed by atoms with Gasteiger partial charge in [0.05, 0.1) is 0 Å². The van der Waals surface area contributed by atoms with Crippen LogP contribution in [0, 0.1) is 23.2 Å². The summed E-state index contributed by atoms with van der Waals surface area (Å²) in [5.74, 6) is 2.68. The maximum Gasteiger partial charge on any atom is -0.0354 e. The molecule has 0 saturated heterocycles. The lowest BCUT2D eigenvalue weighted by atomic mass is 9.75. The molecule has 0 aromatic carbocycles. The Bertz CT molecular complexity index is 201. The van der Waals surface area contributed by atoms with E-state index in [9.17, 15) is 0 Å². The van der Waals surface area contributed by atoms with Crippen LogP contribution in [-0.2, 0) is 0 Å². The van der Waals surface area contributed by atoms with Crippen LogP contribution < -0.4 is 0 Å². The summed E-state index contributed by atoms with van der Waals surface area (Å²) < 4.78 is 0. The van der Waals surface area contributed by atoms with Crippen molar-refractivity contribution in [3.05, 3.63) is 0 Å². The lowest BCUT2D eigenvalue weighted by Gasteiger charge is -2.31. The second kappa shape index (κ2) is 11.6. The quantitative estimate of drug-likeness (QED) is 0.321. The Morgan fingerprint density at radius 1 is 0.524 bits per heavy atom. The first-order valence-electron chi connectivity index (χ1n) is 9.73. The van der Waals surface area contributed by atoms with E-state index in [0.717, 1.165) is 17.8 Å². The minimum absolute atomic E-state index is 0.496. The zero-order valence-electron chi connectivity index (χ0n) is 16.3. The molecule has 0 aliphatic heterocycles. The topological polar surface area (TPSA) is 0 Å². The predicted octanol–water partition coefficient (Wildman–Crippen LogP) is 7.86. The van der Waals surface area contributed by atoms with Crippen LogP contribution in [0.15, 0.2) is 0 Å². The average Bonchev–Trinajstić information content (AvgIpc) is 2.33. The molecular formula is C21H44. The van der Waals surface area contributed by atoms with Crippen molar-refractivity contribution in [3.8, 4) is 0 Å². The third-order valence-corrected chi connectivity index (χ3v) is 4.89. The molecule has 0 fully saturated rings. The highest BCUT2D eigenvalue weighted by atomic mass is 14.3. The molecular weight excluding hydrogens is 252 g/mol. The van der Waals surface area contributed by atoms with Crippen molar-refractivity contribution in [2.24, 2.45) is 23.2 Å². The van der Waals surface area contributed by atoms with Gasteiger partial charge in [0.25, 0.3) is 0 Å². The van der Waals surface area contributed by atoms with E-state index in [0.29, 0.717) is 5.41 Å². The van der Waals surface area contributed by atoms with Crippen LogP contribution in [0.4, 0.5) is 0 Å². The highest BCUT2D eigenvalue weighted by molar-refractivity contribution is 4.74. The van der Waals surface area contributed by atoms with Crippen LogP contribution in [0.2, 0.25) is 0 Å². The van der Waals surface area contributed by atoms with E-state index in [4.69, 9.17) is 0 Å². The van der Waals surface area contributed by atoms with Crippen molar-refractivity contribution in [2.75, 3.05) is 0 Å². The fraction of sp³-hybridized carbons (Fsp3) is 1.00. The zero-order chi connectivity index (χ0) is 16.3. The van der Waals surface area contributed by atoms with Crippen molar-refractivity contribution in [1.82, 2.24) is 0 Å². The Hall–Kier alpha value is 0. The van der Waals surface area contributed by atoms with Crippen molar-refractivity contribution in [2.45, 2.75) is 113 Å².